The van der Waals surface area contributed by atoms with Gasteiger partial charge in [0, 0.05) is 17.8 Å². The fourth-order valence-electron chi connectivity index (χ4n) is 2.74. The average Bonchev–Trinajstić information content (AvgIpc) is 2.61. The van der Waals surface area contributed by atoms with Crippen LogP contribution in [0.25, 0.3) is 0 Å². The number of carbonyl (C=O) groups excluding carboxylic acids is 1. The number of aryl methyl sites for hydroxylation is 1. The number of benzene rings is 2. The highest BCUT2D eigenvalue weighted by atomic mass is 16.2. The van der Waals surface area contributed by atoms with Crippen LogP contribution in [0.4, 0.5) is 5.69 Å². The molecule has 0 aliphatic carbocycles. The molecule has 0 aliphatic heterocycles. The van der Waals surface area contributed by atoms with Gasteiger partial charge in [-0.1, -0.05) is 63.1 Å². The first-order valence-corrected chi connectivity index (χ1v) is 8.72. The molecule has 0 aliphatic rings. The number of rotatable bonds is 8. The van der Waals surface area contributed by atoms with Crippen LogP contribution in [0.1, 0.15) is 55.5 Å². The lowest BCUT2D eigenvalue weighted by molar-refractivity contribution is 0.0986. The minimum absolute atomic E-state index is 0.1000. The van der Waals surface area contributed by atoms with E-state index in [4.69, 9.17) is 0 Å². The highest BCUT2D eigenvalue weighted by molar-refractivity contribution is 6.06. The Hall–Kier alpha value is -2.09. The van der Waals surface area contributed by atoms with Gasteiger partial charge in [-0.2, -0.15) is 0 Å². The molecule has 0 N–H and O–H groups in total. The predicted molar refractivity (Wildman–Crippen MR) is 98.1 cm³/mol. The molecule has 0 unspecified atom stereocenters. The van der Waals surface area contributed by atoms with Crippen molar-refractivity contribution < 1.29 is 4.79 Å². The number of anilines is 1. The highest BCUT2D eigenvalue weighted by Gasteiger charge is 2.19. The molecular formula is C21H27NO. The van der Waals surface area contributed by atoms with E-state index in [2.05, 4.69) is 32.0 Å². The zero-order chi connectivity index (χ0) is 16.5. The van der Waals surface area contributed by atoms with Gasteiger partial charge in [0.2, 0.25) is 0 Å². The van der Waals surface area contributed by atoms with Crippen LogP contribution in [0.3, 0.4) is 0 Å². The molecule has 2 rings (SSSR count). The Bertz CT molecular complexity index is 606. The third kappa shape index (κ3) is 4.69. The predicted octanol–water partition coefficient (Wildman–Crippen LogP) is 5.48. The summed E-state index contributed by atoms with van der Waals surface area (Å²) in [5, 5.41) is 0. The number of carbonyl (C=O) groups is 1. The van der Waals surface area contributed by atoms with E-state index in [1.54, 1.807) is 0 Å². The van der Waals surface area contributed by atoms with Crippen molar-refractivity contribution in [2.75, 3.05) is 11.4 Å². The van der Waals surface area contributed by atoms with Gasteiger partial charge < -0.3 is 4.90 Å². The minimum Gasteiger partial charge on any atom is -0.308 e. The molecule has 0 bridgehead atoms. The van der Waals surface area contributed by atoms with E-state index in [9.17, 15) is 4.79 Å². The first-order chi connectivity index (χ1) is 11.3. The maximum atomic E-state index is 13.0. The molecule has 2 nitrogen and oxygen atoms in total. The number of nitrogens with zero attached hydrogens (tertiary/aromatic N) is 1. The maximum Gasteiger partial charge on any atom is 0.258 e. The lowest BCUT2D eigenvalue weighted by Gasteiger charge is -2.25. The molecular weight excluding hydrogens is 282 g/mol. The molecule has 0 saturated heterocycles. The lowest BCUT2D eigenvalue weighted by Crippen LogP contribution is -2.32. The molecule has 122 valence electrons. The fraction of sp³-hybridized carbons (Fsp3) is 0.381. The van der Waals surface area contributed by atoms with Crippen LogP contribution in [0.15, 0.2) is 54.6 Å². The summed E-state index contributed by atoms with van der Waals surface area (Å²) < 4.78 is 0. The van der Waals surface area contributed by atoms with Gasteiger partial charge in [-0.15, -0.1) is 0 Å². The molecule has 0 saturated carbocycles. The lowest BCUT2D eigenvalue weighted by atomic mass is 10.0. The van der Waals surface area contributed by atoms with Crippen molar-refractivity contribution >= 4 is 11.6 Å². The third-order valence-corrected chi connectivity index (χ3v) is 4.08. The Labute approximate surface area is 140 Å². The zero-order valence-electron chi connectivity index (χ0n) is 14.3. The Morgan fingerprint density at radius 1 is 0.870 bits per heavy atom. The van der Waals surface area contributed by atoms with Crippen LogP contribution < -0.4 is 4.90 Å². The first kappa shape index (κ1) is 17.3. The second-order valence-corrected chi connectivity index (χ2v) is 5.91. The number of hydrogen-bond acceptors (Lipinski definition) is 1. The zero-order valence-corrected chi connectivity index (χ0v) is 14.3. The molecule has 0 spiro atoms. The van der Waals surface area contributed by atoms with Crippen molar-refractivity contribution in [2.24, 2.45) is 0 Å². The minimum atomic E-state index is 0.1000. The van der Waals surface area contributed by atoms with Gasteiger partial charge >= 0.3 is 0 Å². The van der Waals surface area contributed by atoms with Gasteiger partial charge in [-0.25, -0.2) is 0 Å². The van der Waals surface area contributed by atoms with Crippen molar-refractivity contribution in [1.29, 1.82) is 0 Å². The Balaban J connectivity index is 2.33. The van der Waals surface area contributed by atoms with Crippen LogP contribution in [0.5, 0.6) is 0 Å². The SMILES string of the molecule is CCCCc1ccccc1N(CCCC)C(=O)c1ccccc1. The molecule has 0 aromatic heterocycles. The van der Waals surface area contributed by atoms with Gasteiger partial charge in [-0.05, 0) is 43.0 Å². The van der Waals surface area contributed by atoms with Gasteiger partial charge in [0.25, 0.3) is 5.91 Å². The van der Waals surface area contributed by atoms with Crippen LogP contribution in [-0.2, 0) is 6.42 Å². The summed E-state index contributed by atoms with van der Waals surface area (Å²) in [6.45, 7) is 5.13. The summed E-state index contributed by atoms with van der Waals surface area (Å²) >= 11 is 0. The summed E-state index contributed by atoms with van der Waals surface area (Å²) in [5.41, 5.74) is 3.10. The summed E-state index contributed by atoms with van der Waals surface area (Å²) in [5.74, 6) is 0.1000. The van der Waals surface area contributed by atoms with E-state index < -0.39 is 0 Å². The first-order valence-electron chi connectivity index (χ1n) is 8.72. The largest absolute Gasteiger partial charge is 0.308 e. The highest BCUT2D eigenvalue weighted by Crippen LogP contribution is 2.24. The average molecular weight is 309 g/mol. The van der Waals surface area contributed by atoms with E-state index in [-0.39, 0.29) is 5.91 Å². The molecule has 0 heterocycles. The normalized spacial score (nSPS) is 10.5. The Kier molecular flexibility index (Phi) is 6.86. The summed E-state index contributed by atoms with van der Waals surface area (Å²) in [6.07, 6.45) is 5.43. The van der Waals surface area contributed by atoms with E-state index in [0.29, 0.717) is 0 Å². The van der Waals surface area contributed by atoms with E-state index in [1.165, 1.54) is 5.56 Å². The summed E-state index contributed by atoms with van der Waals surface area (Å²) in [4.78, 5) is 15.0. The number of hydrogen-bond donors (Lipinski definition) is 0. The van der Waals surface area contributed by atoms with Gasteiger partial charge in [0.05, 0.1) is 0 Å². The monoisotopic (exact) mass is 309 g/mol. The molecule has 0 radical (unpaired) electrons. The van der Waals surface area contributed by atoms with Crippen LogP contribution in [0.2, 0.25) is 0 Å². The molecule has 0 fully saturated rings. The van der Waals surface area contributed by atoms with Crippen molar-refractivity contribution in [1.82, 2.24) is 0 Å². The molecule has 2 aromatic rings. The van der Waals surface area contributed by atoms with Gasteiger partial charge in [-0.3, -0.25) is 4.79 Å². The van der Waals surface area contributed by atoms with E-state index >= 15 is 0 Å². The topological polar surface area (TPSA) is 20.3 Å². The Morgan fingerprint density at radius 3 is 2.22 bits per heavy atom. The standard InChI is InChI=1S/C21H27NO/c1-3-5-12-18-13-10-11-16-20(18)22(17-6-4-2)21(23)19-14-8-7-9-15-19/h7-11,13-16H,3-6,12,17H2,1-2H3. The van der Waals surface area contributed by atoms with Crippen LogP contribution in [0, 0.1) is 0 Å². The Morgan fingerprint density at radius 2 is 1.52 bits per heavy atom. The van der Waals surface area contributed by atoms with Crippen LogP contribution in [-0.4, -0.2) is 12.5 Å². The third-order valence-electron chi connectivity index (χ3n) is 4.08. The quantitative estimate of drug-likeness (QED) is 0.632. The summed E-state index contributed by atoms with van der Waals surface area (Å²) in [7, 11) is 0. The van der Waals surface area contributed by atoms with Gasteiger partial charge in [0.15, 0.2) is 0 Å². The molecule has 23 heavy (non-hydrogen) atoms. The molecule has 0 atom stereocenters. The second-order valence-electron chi connectivity index (χ2n) is 5.91. The van der Waals surface area contributed by atoms with Crippen molar-refractivity contribution in [3.05, 3.63) is 65.7 Å². The smallest absolute Gasteiger partial charge is 0.258 e. The number of para-hydroxylation sites is 1. The van der Waals surface area contributed by atoms with Crippen molar-refractivity contribution in [3.63, 3.8) is 0 Å². The van der Waals surface area contributed by atoms with Crippen molar-refractivity contribution in [2.45, 2.75) is 46.0 Å². The fourth-order valence-corrected chi connectivity index (χ4v) is 2.74. The number of unbranched alkanes of at least 4 members (excludes halogenated alkanes) is 2. The van der Waals surface area contributed by atoms with Gasteiger partial charge in [0.1, 0.15) is 0 Å². The number of amides is 1. The van der Waals surface area contributed by atoms with Crippen LogP contribution >= 0.6 is 0 Å². The molecule has 2 aromatic carbocycles. The van der Waals surface area contributed by atoms with E-state index in [0.717, 1.165) is 49.9 Å². The molecule has 2 heteroatoms. The van der Waals surface area contributed by atoms with Crippen molar-refractivity contribution in [3.8, 4) is 0 Å². The second kappa shape index (κ2) is 9.14. The molecule has 1 amide bonds. The van der Waals surface area contributed by atoms with E-state index in [1.807, 2.05) is 41.3 Å². The maximum absolute atomic E-state index is 13.0. The summed E-state index contributed by atoms with van der Waals surface area (Å²) in [6, 6.07) is 17.9.